The molecule has 1 atom stereocenters. The fourth-order valence-electron chi connectivity index (χ4n) is 3.13. The summed E-state index contributed by atoms with van der Waals surface area (Å²) < 4.78 is 1.44. The van der Waals surface area contributed by atoms with E-state index in [9.17, 15) is 4.79 Å². The quantitative estimate of drug-likeness (QED) is 0.763. The number of aryl methyl sites for hydroxylation is 1. The number of nitrogens with one attached hydrogen (secondary N) is 1. The minimum atomic E-state index is -0.221. The molecule has 126 valence electrons. The molecule has 0 bridgehead atoms. The molecule has 2 aromatic carbocycles. The van der Waals surface area contributed by atoms with E-state index in [0.717, 1.165) is 18.4 Å². The number of tetrazole rings is 1. The van der Waals surface area contributed by atoms with Crippen molar-refractivity contribution in [2.24, 2.45) is 0 Å². The van der Waals surface area contributed by atoms with Gasteiger partial charge in [-0.15, -0.1) is 5.10 Å². The van der Waals surface area contributed by atoms with Crippen LogP contribution >= 0.6 is 23.2 Å². The van der Waals surface area contributed by atoms with E-state index in [1.807, 2.05) is 18.2 Å². The van der Waals surface area contributed by atoms with E-state index in [4.69, 9.17) is 23.2 Å². The highest BCUT2D eigenvalue weighted by Gasteiger charge is 2.25. The first-order valence-corrected chi connectivity index (χ1v) is 8.49. The van der Waals surface area contributed by atoms with E-state index in [1.54, 1.807) is 18.2 Å². The van der Waals surface area contributed by atoms with Crippen molar-refractivity contribution in [2.45, 2.75) is 18.9 Å². The first kappa shape index (κ1) is 16.1. The Labute approximate surface area is 153 Å². The average molecular weight is 374 g/mol. The predicted molar refractivity (Wildman–Crippen MR) is 94.1 cm³/mol. The molecule has 1 amide bonds. The number of amides is 1. The third kappa shape index (κ3) is 3.10. The smallest absolute Gasteiger partial charge is 0.254 e. The third-order valence-corrected chi connectivity index (χ3v) is 4.76. The Bertz CT molecular complexity index is 942. The summed E-state index contributed by atoms with van der Waals surface area (Å²) >= 11 is 12.1. The molecule has 25 heavy (non-hydrogen) atoms. The lowest BCUT2D eigenvalue weighted by atomic mass is 10.1. The predicted octanol–water partition coefficient (Wildman–Crippen LogP) is 3.39. The lowest BCUT2D eigenvalue weighted by Crippen LogP contribution is -2.28. The summed E-state index contributed by atoms with van der Waals surface area (Å²) in [7, 11) is 0. The highest BCUT2D eigenvalue weighted by molar-refractivity contribution is 6.31. The van der Waals surface area contributed by atoms with Gasteiger partial charge in [-0.05, 0) is 64.7 Å². The SMILES string of the molecule is O=C(NC1CCc2cc(Cl)ccc21)c1cc(Cl)ccc1-n1cnnn1. The highest BCUT2D eigenvalue weighted by Crippen LogP contribution is 2.33. The summed E-state index contributed by atoms with van der Waals surface area (Å²) in [5, 5.41) is 15.4. The van der Waals surface area contributed by atoms with Crippen molar-refractivity contribution in [2.75, 3.05) is 0 Å². The van der Waals surface area contributed by atoms with Gasteiger partial charge in [0.05, 0.1) is 17.3 Å². The molecule has 0 spiro atoms. The highest BCUT2D eigenvalue weighted by atomic mass is 35.5. The van der Waals surface area contributed by atoms with Crippen LogP contribution in [0.25, 0.3) is 5.69 Å². The third-order valence-electron chi connectivity index (χ3n) is 4.29. The molecular formula is C17H13Cl2N5O. The van der Waals surface area contributed by atoms with Crippen LogP contribution in [0, 0.1) is 0 Å². The molecule has 0 radical (unpaired) electrons. The van der Waals surface area contributed by atoms with Gasteiger partial charge in [0.2, 0.25) is 0 Å². The minimum absolute atomic E-state index is 0.0551. The van der Waals surface area contributed by atoms with Crippen LogP contribution < -0.4 is 5.32 Å². The number of benzene rings is 2. The maximum Gasteiger partial charge on any atom is 0.254 e. The Balaban J connectivity index is 1.64. The standard InChI is InChI=1S/C17H13Cl2N5O/c18-11-2-4-13-10(7-11)1-5-15(13)21-17(25)14-8-12(19)3-6-16(14)24-9-20-22-23-24/h2-4,6-9,15H,1,5H2,(H,21,25). The number of rotatable bonds is 3. The van der Waals surface area contributed by atoms with Crippen LogP contribution in [0.15, 0.2) is 42.7 Å². The van der Waals surface area contributed by atoms with Gasteiger partial charge in [0.1, 0.15) is 6.33 Å². The van der Waals surface area contributed by atoms with E-state index in [0.29, 0.717) is 21.3 Å². The molecule has 4 rings (SSSR count). The Morgan fingerprint density at radius 3 is 2.76 bits per heavy atom. The van der Waals surface area contributed by atoms with Gasteiger partial charge < -0.3 is 5.32 Å². The average Bonchev–Trinajstić information content (AvgIpc) is 3.25. The largest absolute Gasteiger partial charge is 0.345 e. The lowest BCUT2D eigenvalue weighted by molar-refractivity contribution is 0.0936. The normalized spacial score (nSPS) is 15.8. The van der Waals surface area contributed by atoms with Crippen molar-refractivity contribution in [1.82, 2.24) is 25.5 Å². The monoisotopic (exact) mass is 373 g/mol. The number of hydrogen-bond donors (Lipinski definition) is 1. The molecule has 0 aliphatic heterocycles. The van der Waals surface area contributed by atoms with Gasteiger partial charge in [-0.3, -0.25) is 4.79 Å². The van der Waals surface area contributed by atoms with Crippen molar-refractivity contribution < 1.29 is 4.79 Å². The Morgan fingerprint density at radius 1 is 1.16 bits per heavy atom. The molecule has 3 aromatic rings. The van der Waals surface area contributed by atoms with Crippen molar-refractivity contribution in [1.29, 1.82) is 0 Å². The fourth-order valence-corrected chi connectivity index (χ4v) is 3.50. The molecule has 1 N–H and O–H groups in total. The van der Waals surface area contributed by atoms with Crippen LogP contribution in [0.5, 0.6) is 0 Å². The first-order valence-electron chi connectivity index (χ1n) is 7.74. The van der Waals surface area contributed by atoms with Gasteiger partial charge in [0.25, 0.3) is 5.91 Å². The molecule has 1 aromatic heterocycles. The maximum absolute atomic E-state index is 12.9. The van der Waals surface area contributed by atoms with Crippen LogP contribution in [0.2, 0.25) is 10.0 Å². The Morgan fingerprint density at radius 2 is 1.96 bits per heavy atom. The second kappa shape index (κ2) is 6.46. The molecule has 0 fully saturated rings. The summed E-state index contributed by atoms with van der Waals surface area (Å²) in [5.74, 6) is -0.221. The van der Waals surface area contributed by atoms with Gasteiger partial charge in [0.15, 0.2) is 0 Å². The molecule has 1 aliphatic rings. The van der Waals surface area contributed by atoms with Crippen LogP contribution in [0.4, 0.5) is 0 Å². The number of halogens is 2. The molecule has 0 saturated carbocycles. The summed E-state index contributed by atoms with van der Waals surface area (Å²) in [6, 6.07) is 10.7. The van der Waals surface area contributed by atoms with E-state index < -0.39 is 0 Å². The van der Waals surface area contributed by atoms with Gasteiger partial charge in [-0.25, -0.2) is 0 Å². The van der Waals surface area contributed by atoms with Crippen molar-refractivity contribution in [3.63, 3.8) is 0 Å². The topological polar surface area (TPSA) is 72.7 Å². The molecule has 1 heterocycles. The van der Waals surface area contributed by atoms with Crippen LogP contribution in [-0.2, 0) is 6.42 Å². The van der Waals surface area contributed by atoms with E-state index in [1.165, 1.54) is 16.6 Å². The Hall–Kier alpha value is -2.44. The summed E-state index contributed by atoms with van der Waals surface area (Å²) in [6.07, 6.45) is 3.16. The summed E-state index contributed by atoms with van der Waals surface area (Å²) in [5.41, 5.74) is 3.26. The van der Waals surface area contributed by atoms with Gasteiger partial charge in [0, 0.05) is 10.0 Å². The van der Waals surface area contributed by atoms with Crippen molar-refractivity contribution in [3.05, 3.63) is 69.5 Å². The molecule has 0 saturated heterocycles. The second-order valence-electron chi connectivity index (χ2n) is 5.82. The number of nitrogens with zero attached hydrogens (tertiary/aromatic N) is 4. The molecule has 8 heteroatoms. The number of carbonyl (C=O) groups excluding carboxylic acids is 1. The van der Waals surface area contributed by atoms with Crippen molar-refractivity contribution in [3.8, 4) is 5.69 Å². The van der Waals surface area contributed by atoms with Gasteiger partial charge in [-0.2, -0.15) is 4.68 Å². The minimum Gasteiger partial charge on any atom is -0.345 e. The van der Waals surface area contributed by atoms with Crippen molar-refractivity contribution >= 4 is 29.1 Å². The lowest BCUT2D eigenvalue weighted by Gasteiger charge is -2.16. The second-order valence-corrected chi connectivity index (χ2v) is 6.70. The van der Waals surface area contributed by atoms with E-state index in [-0.39, 0.29) is 11.9 Å². The van der Waals surface area contributed by atoms with Crippen LogP contribution in [-0.4, -0.2) is 26.1 Å². The molecule has 6 nitrogen and oxygen atoms in total. The van der Waals surface area contributed by atoms with Crippen LogP contribution in [0.1, 0.15) is 33.9 Å². The summed E-state index contributed by atoms with van der Waals surface area (Å²) in [4.78, 5) is 12.9. The molecule has 1 unspecified atom stereocenters. The van der Waals surface area contributed by atoms with Crippen LogP contribution in [0.3, 0.4) is 0 Å². The number of aromatic nitrogens is 4. The van der Waals surface area contributed by atoms with E-state index >= 15 is 0 Å². The molecular weight excluding hydrogens is 361 g/mol. The van der Waals surface area contributed by atoms with E-state index in [2.05, 4.69) is 20.8 Å². The van der Waals surface area contributed by atoms with Gasteiger partial charge in [-0.1, -0.05) is 29.3 Å². The first-order chi connectivity index (χ1) is 12.1. The number of hydrogen-bond acceptors (Lipinski definition) is 4. The molecule has 1 aliphatic carbocycles. The maximum atomic E-state index is 12.9. The zero-order valence-corrected chi connectivity index (χ0v) is 14.5. The number of carbonyl (C=O) groups is 1. The zero-order valence-electron chi connectivity index (χ0n) is 13.0. The van der Waals surface area contributed by atoms with Gasteiger partial charge >= 0.3 is 0 Å². The zero-order chi connectivity index (χ0) is 17.4. The fraction of sp³-hybridized carbons (Fsp3) is 0.176. The Kier molecular flexibility index (Phi) is 4.15. The summed E-state index contributed by atoms with van der Waals surface area (Å²) in [6.45, 7) is 0. The number of fused-ring (bicyclic) bond motifs is 1.